The number of carbonyl (C=O) groups is 2. The van der Waals surface area contributed by atoms with Crippen LogP contribution < -0.4 is 5.46 Å². The molecule has 12 heteroatoms. The first-order valence-corrected chi connectivity index (χ1v) is 26.7. The summed E-state index contributed by atoms with van der Waals surface area (Å²) < 4.78 is 35.2. The van der Waals surface area contributed by atoms with E-state index in [0.717, 1.165) is 49.7 Å². The maximum Gasteiger partial charge on any atom is 0.494 e. The van der Waals surface area contributed by atoms with Gasteiger partial charge in [0.05, 0.1) is 36.5 Å². The minimum atomic E-state index is -0.401. The molecule has 2 aromatic heterocycles. The molecule has 3 aliphatic rings. The maximum atomic E-state index is 12.4. The Morgan fingerprint density at radius 2 is 0.947 bits per heavy atom. The normalized spacial score (nSPS) is 15.8. The van der Waals surface area contributed by atoms with Gasteiger partial charge in [-0.3, -0.25) is 0 Å². The highest BCUT2D eigenvalue weighted by Gasteiger charge is 2.52. The minimum Gasteiger partial charge on any atom is -0.465 e. The van der Waals surface area contributed by atoms with Crippen molar-refractivity contribution in [2.45, 2.75) is 77.4 Å². The van der Waals surface area contributed by atoms with Gasteiger partial charge in [-0.25, -0.2) is 9.59 Å². The average Bonchev–Trinajstić information content (AvgIpc) is 4.15. The van der Waals surface area contributed by atoms with Gasteiger partial charge in [0.2, 0.25) is 0 Å². The lowest BCUT2D eigenvalue weighted by Crippen LogP contribution is -2.41. The zero-order valence-corrected chi connectivity index (χ0v) is 46.9. The number of hydrogen-bond acceptors (Lipinski definition) is 8. The molecule has 382 valence electrons. The van der Waals surface area contributed by atoms with Crippen molar-refractivity contribution >= 4 is 108 Å². The van der Waals surface area contributed by atoms with E-state index >= 15 is 0 Å². The number of halogens is 3. The van der Waals surface area contributed by atoms with Gasteiger partial charge >= 0.3 is 19.1 Å². The molecular weight excluding hydrogens is 1060 g/mol. The SMILES string of the molecule is CC1(C)c2cc(B3OC(C)(C)C(C)(C)O3)ccc2-c2c1ccc1oc3ccccc3c21.COC(=O)c1cc(Cl)ccc1-c1ccc2c(c1)C(C)(C)c1ccc3oc4ccccc4c3c1-2.COC(=O)c1cc(Cl)ccc1Br. The van der Waals surface area contributed by atoms with Gasteiger partial charge in [0.25, 0.3) is 0 Å². The van der Waals surface area contributed by atoms with Gasteiger partial charge in [-0.15, -0.1) is 0 Å². The van der Waals surface area contributed by atoms with Crippen molar-refractivity contribution in [3.63, 3.8) is 0 Å². The van der Waals surface area contributed by atoms with Crippen molar-refractivity contribution in [1.82, 2.24) is 0 Å². The zero-order valence-electron chi connectivity index (χ0n) is 43.8. The topological polar surface area (TPSA) is 97.3 Å². The fourth-order valence-electron chi connectivity index (χ4n) is 11.2. The van der Waals surface area contributed by atoms with Gasteiger partial charge in [0, 0.05) is 46.9 Å². The van der Waals surface area contributed by atoms with E-state index in [-0.39, 0.29) is 29.2 Å². The molecule has 0 atom stereocenters. The molecule has 13 rings (SSSR count). The molecule has 0 saturated carbocycles. The summed E-state index contributed by atoms with van der Waals surface area (Å²) in [5.74, 6) is -0.800. The first-order chi connectivity index (χ1) is 36.1. The van der Waals surface area contributed by atoms with Crippen LogP contribution in [-0.4, -0.2) is 44.5 Å². The number of carbonyl (C=O) groups excluding carboxylic acids is 2. The van der Waals surface area contributed by atoms with E-state index in [2.05, 4.69) is 161 Å². The summed E-state index contributed by atoms with van der Waals surface area (Å²) in [6.45, 7) is 17.5. The van der Waals surface area contributed by atoms with E-state index in [0.29, 0.717) is 25.6 Å². The highest BCUT2D eigenvalue weighted by atomic mass is 79.9. The predicted octanol–water partition coefficient (Wildman–Crippen LogP) is 17.1. The first kappa shape index (κ1) is 51.5. The maximum absolute atomic E-state index is 12.4. The Morgan fingerprint density at radius 1 is 0.487 bits per heavy atom. The monoisotopic (exact) mass is 1110 g/mol. The number of furan rings is 2. The van der Waals surface area contributed by atoms with Crippen LogP contribution in [0.2, 0.25) is 10.0 Å². The summed E-state index contributed by atoms with van der Waals surface area (Å²) in [6, 6.07) is 48.5. The molecule has 0 bridgehead atoms. The molecule has 0 spiro atoms. The van der Waals surface area contributed by atoms with E-state index in [9.17, 15) is 9.59 Å². The van der Waals surface area contributed by atoms with Crippen LogP contribution in [0.25, 0.3) is 77.3 Å². The molecular formula is C64H54BBrCl2O8. The lowest BCUT2D eigenvalue weighted by Gasteiger charge is -2.32. The van der Waals surface area contributed by atoms with Crippen molar-refractivity contribution in [2.75, 3.05) is 14.2 Å². The third kappa shape index (κ3) is 8.36. The Hall–Kier alpha value is -6.66. The second-order valence-electron chi connectivity index (χ2n) is 21.6. The summed E-state index contributed by atoms with van der Waals surface area (Å²) in [5, 5.41) is 5.68. The van der Waals surface area contributed by atoms with Crippen LogP contribution in [0, 0.1) is 0 Å². The minimum absolute atomic E-state index is 0.114. The molecule has 0 N–H and O–H groups in total. The molecule has 1 fully saturated rings. The second kappa shape index (κ2) is 18.8. The molecule has 1 saturated heterocycles. The van der Waals surface area contributed by atoms with Crippen molar-refractivity contribution < 1.29 is 37.2 Å². The predicted molar refractivity (Wildman–Crippen MR) is 311 cm³/mol. The summed E-state index contributed by atoms with van der Waals surface area (Å²) in [5.41, 5.74) is 16.5. The van der Waals surface area contributed by atoms with Gasteiger partial charge in [0.15, 0.2) is 0 Å². The molecule has 0 unspecified atom stereocenters. The second-order valence-corrected chi connectivity index (χ2v) is 23.3. The zero-order chi connectivity index (χ0) is 53.8. The number of rotatable bonds is 4. The summed E-state index contributed by atoms with van der Waals surface area (Å²) in [7, 11) is 2.36. The lowest BCUT2D eigenvalue weighted by atomic mass is 9.74. The number of para-hydroxylation sites is 2. The first-order valence-electron chi connectivity index (χ1n) is 25.1. The third-order valence-corrected chi connectivity index (χ3v) is 17.1. The van der Waals surface area contributed by atoms with E-state index < -0.39 is 11.9 Å². The van der Waals surface area contributed by atoms with E-state index in [1.807, 2.05) is 30.3 Å². The fourth-order valence-corrected chi connectivity index (χ4v) is 12.0. The number of hydrogen-bond donors (Lipinski definition) is 0. The van der Waals surface area contributed by atoms with Gasteiger partial charge in [0.1, 0.15) is 22.3 Å². The van der Waals surface area contributed by atoms with Gasteiger partial charge in [-0.05, 0) is 165 Å². The van der Waals surface area contributed by atoms with Crippen molar-refractivity contribution in [3.8, 4) is 33.4 Å². The summed E-state index contributed by atoms with van der Waals surface area (Å²) in [6.07, 6.45) is 0. The largest absolute Gasteiger partial charge is 0.494 e. The Kier molecular flexibility index (Phi) is 12.7. The van der Waals surface area contributed by atoms with Crippen LogP contribution in [-0.2, 0) is 29.6 Å². The van der Waals surface area contributed by atoms with Crippen molar-refractivity contribution in [1.29, 1.82) is 0 Å². The van der Waals surface area contributed by atoms with Crippen LogP contribution >= 0.6 is 39.1 Å². The molecule has 0 amide bonds. The smallest absolute Gasteiger partial charge is 0.465 e. The molecule has 8 nitrogen and oxygen atoms in total. The van der Waals surface area contributed by atoms with Gasteiger partial charge in [-0.2, -0.15) is 0 Å². The molecule has 2 aliphatic carbocycles. The van der Waals surface area contributed by atoms with E-state index in [4.69, 9.17) is 46.1 Å². The number of fused-ring (bicyclic) bond motifs is 14. The molecule has 0 radical (unpaired) electrons. The van der Waals surface area contributed by atoms with Crippen molar-refractivity contribution in [3.05, 3.63) is 193 Å². The Balaban J connectivity index is 0.000000134. The Bertz CT molecular complexity index is 4020. The van der Waals surface area contributed by atoms with Crippen LogP contribution in [0.4, 0.5) is 0 Å². The quantitative estimate of drug-likeness (QED) is 0.127. The van der Waals surface area contributed by atoms with E-state index in [1.165, 1.54) is 69.5 Å². The molecule has 10 aromatic rings. The standard InChI is InChI=1S/C29H21ClO3.C27H27BO3.C8H6BrClO2/c1-29(2)22-12-13-25-27(20-6-4-5-7-24(20)33-25)26(22)19-10-8-16(14-23(19)29)18-11-9-17(30)15-21(18)28(31)32-3;1-25(2)19-13-14-22-24(18-9-7-8-10-21(18)29-22)23(19)17-12-11-16(15-20(17)25)28-30-26(3,4)27(5,6)31-28;1-12-8(11)6-4-5(10)2-3-7(6)9/h4-15H,1-3H3;7-15H,1-6H3;2-4H,1H3. The Morgan fingerprint density at radius 3 is 1.49 bits per heavy atom. The number of ether oxygens (including phenoxy) is 2. The van der Waals surface area contributed by atoms with Crippen molar-refractivity contribution in [2.24, 2.45) is 0 Å². The molecule has 3 heterocycles. The van der Waals surface area contributed by atoms with Crippen LogP contribution in [0.1, 0.15) is 98.4 Å². The lowest BCUT2D eigenvalue weighted by molar-refractivity contribution is 0.00578. The van der Waals surface area contributed by atoms with Crippen LogP contribution in [0.15, 0.2) is 159 Å². The number of esters is 2. The summed E-state index contributed by atoms with van der Waals surface area (Å²) >= 11 is 15.1. The van der Waals surface area contributed by atoms with E-state index in [1.54, 1.807) is 30.3 Å². The Labute approximate surface area is 460 Å². The number of benzene rings is 8. The van der Waals surface area contributed by atoms with Gasteiger partial charge < -0.3 is 27.6 Å². The highest BCUT2D eigenvalue weighted by molar-refractivity contribution is 9.10. The molecule has 1 aliphatic heterocycles. The summed E-state index contributed by atoms with van der Waals surface area (Å²) in [4.78, 5) is 23.5. The average molecular weight is 1110 g/mol. The third-order valence-electron chi connectivity index (χ3n) is 15.9. The molecule has 8 aromatic carbocycles. The molecule has 76 heavy (non-hydrogen) atoms. The fraction of sp³-hybridized carbons (Fsp3) is 0.219. The highest BCUT2D eigenvalue weighted by Crippen LogP contribution is 2.55. The number of methoxy groups -OCH3 is 2. The van der Waals surface area contributed by atoms with Crippen LogP contribution in [0.3, 0.4) is 0 Å². The van der Waals surface area contributed by atoms with Crippen LogP contribution in [0.5, 0.6) is 0 Å². The van der Waals surface area contributed by atoms with Gasteiger partial charge in [-0.1, -0.05) is 136 Å².